The van der Waals surface area contributed by atoms with Gasteiger partial charge in [0.25, 0.3) is 5.91 Å². The number of nitrogens with one attached hydrogen (secondary N) is 1. The van der Waals surface area contributed by atoms with E-state index in [1.54, 1.807) is 20.0 Å². The van der Waals surface area contributed by atoms with Crippen LogP contribution in [0, 0.1) is 6.92 Å². The number of hydrogen-bond acceptors (Lipinski definition) is 7. The van der Waals surface area contributed by atoms with Crippen molar-refractivity contribution < 1.29 is 13.2 Å². The zero-order chi connectivity index (χ0) is 17.9. The van der Waals surface area contributed by atoms with Crippen LogP contribution in [0.25, 0.3) is 0 Å². The number of carbonyl (C=O) groups is 1. The van der Waals surface area contributed by atoms with E-state index in [1.165, 1.54) is 4.90 Å². The number of sulfone groups is 1. The van der Waals surface area contributed by atoms with E-state index in [2.05, 4.69) is 15.3 Å². The number of aryl methyl sites for hydroxylation is 1. The van der Waals surface area contributed by atoms with Crippen molar-refractivity contribution in [2.24, 2.45) is 0 Å². The van der Waals surface area contributed by atoms with Crippen LogP contribution in [0.5, 0.6) is 0 Å². The fourth-order valence-electron chi connectivity index (χ4n) is 2.58. The molecular weight excluding hydrogens is 330 g/mol. The summed E-state index contributed by atoms with van der Waals surface area (Å²) in [7, 11) is 2.53. The lowest BCUT2D eigenvalue weighted by Crippen LogP contribution is -2.38. The molecule has 1 atom stereocenters. The molecule has 1 unspecified atom stereocenters. The van der Waals surface area contributed by atoms with Crippen LogP contribution >= 0.6 is 0 Å². The number of carbonyl (C=O) groups excluding carboxylic acids is 1. The first-order chi connectivity index (χ1) is 11.2. The van der Waals surface area contributed by atoms with Gasteiger partial charge >= 0.3 is 0 Å². The highest BCUT2D eigenvalue weighted by atomic mass is 32.2. The van der Waals surface area contributed by atoms with Crippen LogP contribution in [0.4, 0.5) is 5.95 Å². The highest BCUT2D eigenvalue weighted by molar-refractivity contribution is 7.91. The predicted octanol–water partition coefficient (Wildman–Crippen LogP) is 0.0176. The SMILES string of the molecule is Cc1cc(C(=O)N(C)C2CCS(=O)(=O)C2)nc(NCCN(C)C)n1. The molecule has 1 saturated heterocycles. The Kier molecular flexibility index (Phi) is 5.76. The van der Waals surface area contributed by atoms with Gasteiger partial charge in [-0.05, 0) is 33.5 Å². The molecule has 0 saturated carbocycles. The van der Waals surface area contributed by atoms with E-state index in [4.69, 9.17) is 0 Å². The van der Waals surface area contributed by atoms with Gasteiger partial charge in [-0.2, -0.15) is 0 Å². The highest BCUT2D eigenvalue weighted by Gasteiger charge is 2.33. The van der Waals surface area contributed by atoms with Gasteiger partial charge in [0, 0.05) is 31.9 Å². The van der Waals surface area contributed by atoms with Gasteiger partial charge in [0.15, 0.2) is 9.84 Å². The third-order valence-electron chi connectivity index (χ3n) is 3.99. The molecule has 1 N–H and O–H groups in total. The summed E-state index contributed by atoms with van der Waals surface area (Å²) in [4.78, 5) is 24.7. The Balaban J connectivity index is 2.09. The van der Waals surface area contributed by atoms with Crippen molar-refractivity contribution in [1.82, 2.24) is 19.8 Å². The first kappa shape index (κ1) is 18.6. The lowest BCUT2D eigenvalue weighted by molar-refractivity contribution is 0.0741. The summed E-state index contributed by atoms with van der Waals surface area (Å²) in [6, 6.07) is 1.34. The molecule has 24 heavy (non-hydrogen) atoms. The molecule has 1 amide bonds. The quantitative estimate of drug-likeness (QED) is 0.768. The van der Waals surface area contributed by atoms with Crippen molar-refractivity contribution in [2.45, 2.75) is 19.4 Å². The van der Waals surface area contributed by atoms with Crippen molar-refractivity contribution in [1.29, 1.82) is 0 Å². The van der Waals surface area contributed by atoms with Crippen molar-refractivity contribution >= 4 is 21.7 Å². The molecule has 0 aliphatic carbocycles. The minimum Gasteiger partial charge on any atom is -0.353 e. The maximum atomic E-state index is 12.6. The van der Waals surface area contributed by atoms with Gasteiger partial charge in [-0.1, -0.05) is 0 Å². The molecule has 8 nitrogen and oxygen atoms in total. The molecule has 1 aromatic heterocycles. The Hall–Kier alpha value is -1.74. The van der Waals surface area contributed by atoms with Crippen LogP contribution in [0.15, 0.2) is 6.07 Å². The normalized spacial score (nSPS) is 19.5. The van der Waals surface area contributed by atoms with E-state index >= 15 is 0 Å². The molecule has 1 aromatic rings. The minimum absolute atomic E-state index is 0.0211. The Morgan fingerprint density at radius 3 is 2.62 bits per heavy atom. The second-order valence-electron chi connectivity index (χ2n) is 6.42. The molecule has 1 aliphatic rings. The summed E-state index contributed by atoms with van der Waals surface area (Å²) in [5, 5.41) is 3.10. The van der Waals surface area contributed by atoms with Gasteiger partial charge in [-0.3, -0.25) is 4.79 Å². The van der Waals surface area contributed by atoms with Gasteiger partial charge in [0.05, 0.1) is 11.5 Å². The molecule has 0 aromatic carbocycles. The predicted molar refractivity (Wildman–Crippen MR) is 93.0 cm³/mol. The Labute approximate surface area is 143 Å². The largest absolute Gasteiger partial charge is 0.353 e. The first-order valence-electron chi connectivity index (χ1n) is 7.90. The Morgan fingerprint density at radius 1 is 1.33 bits per heavy atom. The summed E-state index contributed by atoms with van der Waals surface area (Å²) in [5.74, 6) is 0.286. The first-order valence-corrected chi connectivity index (χ1v) is 9.72. The number of amides is 1. The summed E-state index contributed by atoms with van der Waals surface area (Å²) in [5.41, 5.74) is 0.967. The fourth-order valence-corrected chi connectivity index (χ4v) is 4.35. The van der Waals surface area contributed by atoms with Crippen molar-refractivity contribution in [3.63, 3.8) is 0 Å². The molecule has 134 valence electrons. The second kappa shape index (κ2) is 7.43. The number of hydrogen-bond donors (Lipinski definition) is 1. The minimum atomic E-state index is -3.04. The standard InChI is InChI=1S/C15H25N5O3S/c1-11-9-13(18-15(17-11)16-6-7-19(2)3)14(21)20(4)12-5-8-24(22,23)10-12/h9,12H,5-8,10H2,1-4H3,(H,16,17,18). The summed E-state index contributed by atoms with van der Waals surface area (Å²) < 4.78 is 23.2. The monoisotopic (exact) mass is 355 g/mol. The van der Waals surface area contributed by atoms with Gasteiger partial charge < -0.3 is 15.1 Å². The summed E-state index contributed by atoms with van der Waals surface area (Å²) in [6.45, 7) is 3.29. The maximum absolute atomic E-state index is 12.6. The average molecular weight is 355 g/mol. The number of anilines is 1. The molecule has 0 bridgehead atoms. The van der Waals surface area contributed by atoms with Crippen LogP contribution in [-0.2, 0) is 9.84 Å². The Bertz CT molecular complexity index is 705. The third-order valence-corrected chi connectivity index (χ3v) is 5.74. The average Bonchev–Trinajstić information content (AvgIpc) is 2.85. The van der Waals surface area contributed by atoms with E-state index in [0.29, 0.717) is 24.6 Å². The van der Waals surface area contributed by atoms with Gasteiger partial charge in [0.1, 0.15) is 5.69 Å². The van der Waals surface area contributed by atoms with Crippen molar-refractivity contribution in [3.05, 3.63) is 17.5 Å². The van der Waals surface area contributed by atoms with Gasteiger partial charge in [-0.15, -0.1) is 0 Å². The van der Waals surface area contributed by atoms with E-state index in [1.807, 2.05) is 19.0 Å². The smallest absolute Gasteiger partial charge is 0.272 e. The van der Waals surface area contributed by atoms with Crippen LogP contribution < -0.4 is 5.32 Å². The summed E-state index contributed by atoms with van der Waals surface area (Å²) in [6.07, 6.45) is 0.475. The topological polar surface area (TPSA) is 95.5 Å². The molecule has 2 rings (SSSR count). The lowest BCUT2D eigenvalue weighted by atomic mass is 10.2. The molecule has 0 spiro atoms. The van der Waals surface area contributed by atoms with Gasteiger partial charge in [-0.25, -0.2) is 18.4 Å². The van der Waals surface area contributed by atoms with E-state index in [-0.39, 0.29) is 29.1 Å². The zero-order valence-corrected chi connectivity index (χ0v) is 15.4. The van der Waals surface area contributed by atoms with Crippen molar-refractivity contribution in [2.75, 3.05) is 51.1 Å². The van der Waals surface area contributed by atoms with E-state index in [0.717, 1.165) is 6.54 Å². The molecule has 9 heteroatoms. The number of aromatic nitrogens is 2. The van der Waals surface area contributed by atoms with E-state index < -0.39 is 9.84 Å². The van der Waals surface area contributed by atoms with E-state index in [9.17, 15) is 13.2 Å². The molecule has 1 fully saturated rings. The van der Waals surface area contributed by atoms with Crippen LogP contribution in [0.2, 0.25) is 0 Å². The fraction of sp³-hybridized carbons (Fsp3) is 0.667. The number of rotatable bonds is 6. The molecular formula is C15H25N5O3S. The highest BCUT2D eigenvalue weighted by Crippen LogP contribution is 2.18. The number of nitrogens with zero attached hydrogens (tertiary/aromatic N) is 4. The zero-order valence-electron chi connectivity index (χ0n) is 14.6. The van der Waals surface area contributed by atoms with Crippen molar-refractivity contribution in [3.8, 4) is 0 Å². The second-order valence-corrected chi connectivity index (χ2v) is 8.65. The molecule has 0 radical (unpaired) electrons. The Morgan fingerprint density at radius 2 is 2.04 bits per heavy atom. The van der Waals surface area contributed by atoms with Crippen LogP contribution in [0.3, 0.4) is 0 Å². The van der Waals surface area contributed by atoms with Crippen LogP contribution in [0.1, 0.15) is 22.6 Å². The number of likely N-dealkylation sites (N-methyl/N-ethyl adjacent to an activating group) is 1. The summed E-state index contributed by atoms with van der Waals surface area (Å²) >= 11 is 0. The van der Waals surface area contributed by atoms with Crippen LogP contribution in [-0.4, -0.2) is 85.9 Å². The molecule has 1 aliphatic heterocycles. The third kappa shape index (κ3) is 4.88. The molecule has 2 heterocycles. The maximum Gasteiger partial charge on any atom is 0.272 e. The van der Waals surface area contributed by atoms with Gasteiger partial charge in [0.2, 0.25) is 5.95 Å². The lowest BCUT2D eigenvalue weighted by Gasteiger charge is -2.23.